The first-order valence-corrected chi connectivity index (χ1v) is 9.04. The number of hydrogen-bond acceptors (Lipinski definition) is 5. The van der Waals surface area contributed by atoms with Crippen LogP contribution in [0.15, 0.2) is 41.5 Å². The van der Waals surface area contributed by atoms with Gasteiger partial charge in [0.1, 0.15) is 0 Å². The third kappa shape index (κ3) is 6.42. The molecule has 2 aromatic rings. The Balaban J connectivity index is 1.80. The van der Waals surface area contributed by atoms with Crippen LogP contribution in [-0.4, -0.2) is 29.7 Å². The van der Waals surface area contributed by atoms with Gasteiger partial charge in [-0.3, -0.25) is 9.59 Å². The molecule has 0 heterocycles. The monoisotopic (exact) mass is 383 g/mol. The lowest BCUT2D eigenvalue weighted by molar-refractivity contribution is -0.124. The number of anilines is 1. The number of amides is 2. The quantitative estimate of drug-likeness (QED) is 0.481. The second-order valence-electron chi connectivity index (χ2n) is 6.32. The average molecular weight is 383 g/mol. The highest BCUT2D eigenvalue weighted by molar-refractivity contribution is 5.94. The number of aryl methyl sites for hydroxylation is 2. The van der Waals surface area contributed by atoms with E-state index in [0.29, 0.717) is 17.9 Å². The van der Waals surface area contributed by atoms with Crippen LogP contribution in [0.2, 0.25) is 0 Å². The summed E-state index contributed by atoms with van der Waals surface area (Å²) >= 11 is 0. The summed E-state index contributed by atoms with van der Waals surface area (Å²) < 4.78 is 5.29. The molecule has 0 spiro atoms. The van der Waals surface area contributed by atoms with E-state index in [0.717, 1.165) is 16.8 Å². The first-order chi connectivity index (χ1) is 13.4. The Morgan fingerprint density at radius 3 is 2.57 bits per heavy atom. The van der Waals surface area contributed by atoms with Crippen LogP contribution < -0.4 is 15.5 Å². The molecule has 0 aromatic heterocycles. The molecule has 0 atom stereocenters. The number of hydrogen-bond donors (Lipinski definition) is 3. The lowest BCUT2D eigenvalue weighted by atomic mass is 10.1. The number of ether oxygens (including phenoxy) is 1. The number of hydrazone groups is 1. The van der Waals surface area contributed by atoms with Crippen molar-refractivity contribution in [2.24, 2.45) is 5.10 Å². The van der Waals surface area contributed by atoms with Crippen LogP contribution in [0.3, 0.4) is 0 Å². The maximum absolute atomic E-state index is 12.0. The SMILES string of the molecule is CCOc1cc(C=NNC(=O)CCC(=O)Nc2ccc(C)cc2C)ccc1O. The fourth-order valence-corrected chi connectivity index (χ4v) is 2.51. The van der Waals surface area contributed by atoms with Crippen LogP contribution >= 0.6 is 0 Å². The van der Waals surface area contributed by atoms with Crippen molar-refractivity contribution in [3.63, 3.8) is 0 Å². The summed E-state index contributed by atoms with van der Waals surface area (Å²) in [6, 6.07) is 10.5. The Morgan fingerprint density at radius 2 is 1.86 bits per heavy atom. The lowest BCUT2D eigenvalue weighted by Crippen LogP contribution is -2.20. The number of nitrogens with one attached hydrogen (secondary N) is 2. The topological polar surface area (TPSA) is 100 Å². The van der Waals surface area contributed by atoms with E-state index in [1.54, 1.807) is 12.1 Å². The predicted molar refractivity (Wildman–Crippen MR) is 109 cm³/mol. The number of aromatic hydroxyl groups is 1. The Hall–Kier alpha value is -3.35. The van der Waals surface area contributed by atoms with E-state index < -0.39 is 0 Å². The van der Waals surface area contributed by atoms with Crippen LogP contribution in [0.25, 0.3) is 0 Å². The summed E-state index contributed by atoms with van der Waals surface area (Å²) in [6.07, 6.45) is 1.52. The maximum atomic E-state index is 12.0. The van der Waals surface area contributed by atoms with Crippen molar-refractivity contribution < 1.29 is 19.4 Å². The number of rotatable bonds is 8. The minimum absolute atomic E-state index is 0.0217. The molecule has 0 aliphatic rings. The Kier molecular flexibility index (Phi) is 7.56. The highest BCUT2D eigenvalue weighted by atomic mass is 16.5. The van der Waals surface area contributed by atoms with Gasteiger partial charge < -0.3 is 15.2 Å². The van der Waals surface area contributed by atoms with Gasteiger partial charge in [0.05, 0.1) is 12.8 Å². The first kappa shape index (κ1) is 21.0. The molecule has 7 nitrogen and oxygen atoms in total. The summed E-state index contributed by atoms with van der Waals surface area (Å²) in [5.74, 6) is -0.208. The fraction of sp³-hybridized carbons (Fsp3) is 0.286. The van der Waals surface area contributed by atoms with E-state index >= 15 is 0 Å². The lowest BCUT2D eigenvalue weighted by Gasteiger charge is -2.08. The maximum Gasteiger partial charge on any atom is 0.240 e. The summed E-state index contributed by atoms with van der Waals surface area (Å²) in [6.45, 7) is 6.15. The molecular weight excluding hydrogens is 358 g/mol. The molecule has 2 aromatic carbocycles. The first-order valence-electron chi connectivity index (χ1n) is 9.04. The van der Waals surface area contributed by atoms with Crippen LogP contribution in [0.1, 0.15) is 36.5 Å². The minimum atomic E-state index is -0.365. The highest BCUT2D eigenvalue weighted by Gasteiger charge is 2.08. The Morgan fingerprint density at radius 1 is 1.11 bits per heavy atom. The average Bonchev–Trinajstić information content (AvgIpc) is 2.65. The predicted octanol–water partition coefficient (Wildman–Crippen LogP) is 3.28. The molecule has 0 unspecified atom stereocenters. The molecule has 0 fully saturated rings. The van der Waals surface area contributed by atoms with E-state index in [1.807, 2.05) is 39.0 Å². The van der Waals surface area contributed by atoms with E-state index in [1.165, 1.54) is 12.3 Å². The standard InChI is InChI=1S/C21H25N3O4/c1-4-28-19-12-16(6-8-18(19)25)13-22-24-21(27)10-9-20(26)23-17-7-5-14(2)11-15(17)3/h5-8,11-13,25H,4,9-10H2,1-3H3,(H,23,26)(H,24,27). The largest absolute Gasteiger partial charge is 0.504 e. The zero-order valence-electron chi connectivity index (χ0n) is 16.3. The second-order valence-corrected chi connectivity index (χ2v) is 6.32. The van der Waals surface area contributed by atoms with Crippen molar-refractivity contribution >= 4 is 23.7 Å². The minimum Gasteiger partial charge on any atom is -0.504 e. The summed E-state index contributed by atoms with van der Waals surface area (Å²) in [4.78, 5) is 23.9. The Bertz CT molecular complexity index is 878. The van der Waals surface area contributed by atoms with Crippen LogP contribution in [-0.2, 0) is 9.59 Å². The number of phenolic OH excluding ortho intramolecular Hbond substituents is 1. The number of carbonyl (C=O) groups excluding carboxylic acids is 2. The molecule has 3 N–H and O–H groups in total. The van der Waals surface area contributed by atoms with Crippen molar-refractivity contribution in [1.29, 1.82) is 0 Å². The molecule has 0 saturated carbocycles. The molecular formula is C21H25N3O4. The van der Waals surface area contributed by atoms with Gasteiger partial charge in [-0.2, -0.15) is 5.10 Å². The fourth-order valence-electron chi connectivity index (χ4n) is 2.51. The molecule has 148 valence electrons. The molecule has 0 aliphatic heterocycles. The van der Waals surface area contributed by atoms with E-state index in [4.69, 9.17) is 4.74 Å². The van der Waals surface area contributed by atoms with E-state index in [2.05, 4.69) is 15.8 Å². The summed E-state index contributed by atoms with van der Waals surface area (Å²) in [5, 5.41) is 16.3. The van der Waals surface area contributed by atoms with Gasteiger partial charge in [0.25, 0.3) is 0 Å². The second kappa shape index (κ2) is 10.1. The number of benzene rings is 2. The third-order valence-corrected chi connectivity index (χ3v) is 3.92. The number of phenols is 1. The normalized spacial score (nSPS) is 10.7. The molecule has 28 heavy (non-hydrogen) atoms. The van der Waals surface area contributed by atoms with Crippen LogP contribution in [0, 0.1) is 13.8 Å². The Labute approximate surface area is 164 Å². The van der Waals surface area contributed by atoms with Gasteiger partial charge in [-0.25, -0.2) is 5.43 Å². The van der Waals surface area contributed by atoms with Crippen molar-refractivity contribution in [3.05, 3.63) is 53.1 Å². The zero-order chi connectivity index (χ0) is 20.5. The van der Waals surface area contributed by atoms with E-state index in [9.17, 15) is 14.7 Å². The van der Waals surface area contributed by atoms with Gasteiger partial charge in [0.15, 0.2) is 11.5 Å². The van der Waals surface area contributed by atoms with Gasteiger partial charge >= 0.3 is 0 Å². The van der Waals surface area contributed by atoms with Gasteiger partial charge in [-0.1, -0.05) is 17.7 Å². The van der Waals surface area contributed by atoms with E-state index in [-0.39, 0.29) is 30.4 Å². The molecule has 0 radical (unpaired) electrons. The van der Waals surface area contributed by atoms with Crippen molar-refractivity contribution in [1.82, 2.24) is 5.43 Å². The highest BCUT2D eigenvalue weighted by Crippen LogP contribution is 2.26. The van der Waals surface area contributed by atoms with Crippen molar-refractivity contribution in [2.45, 2.75) is 33.6 Å². The summed E-state index contributed by atoms with van der Waals surface area (Å²) in [7, 11) is 0. The third-order valence-electron chi connectivity index (χ3n) is 3.92. The summed E-state index contributed by atoms with van der Waals surface area (Å²) in [5.41, 5.74) is 5.88. The zero-order valence-corrected chi connectivity index (χ0v) is 16.3. The molecule has 0 saturated heterocycles. The van der Waals surface area contributed by atoms with Crippen molar-refractivity contribution in [3.8, 4) is 11.5 Å². The van der Waals surface area contributed by atoms with Gasteiger partial charge in [0, 0.05) is 18.5 Å². The molecule has 2 amide bonds. The van der Waals surface area contributed by atoms with Crippen LogP contribution in [0.4, 0.5) is 5.69 Å². The molecule has 2 rings (SSSR count). The van der Waals surface area contributed by atoms with Crippen LogP contribution in [0.5, 0.6) is 11.5 Å². The molecule has 0 bridgehead atoms. The van der Waals surface area contributed by atoms with Gasteiger partial charge in [-0.05, 0) is 56.2 Å². The molecule has 0 aliphatic carbocycles. The molecule has 7 heteroatoms. The van der Waals surface area contributed by atoms with Gasteiger partial charge in [-0.15, -0.1) is 0 Å². The number of nitrogens with zero attached hydrogens (tertiary/aromatic N) is 1. The number of carbonyl (C=O) groups is 2. The smallest absolute Gasteiger partial charge is 0.240 e. The van der Waals surface area contributed by atoms with Gasteiger partial charge in [0.2, 0.25) is 11.8 Å². The van der Waals surface area contributed by atoms with Crippen molar-refractivity contribution in [2.75, 3.05) is 11.9 Å².